The Morgan fingerprint density at radius 1 is 1.45 bits per heavy atom. The fourth-order valence-electron chi connectivity index (χ4n) is 2.00. The number of hydrogen-bond acceptors (Lipinski definition) is 4. The minimum absolute atomic E-state index is 0.334. The molecule has 1 aromatic rings. The second-order valence-corrected chi connectivity index (χ2v) is 7.39. The minimum Gasteiger partial charge on any atom is -0.297 e. The molecule has 0 bridgehead atoms. The molecule has 0 spiro atoms. The Morgan fingerprint density at radius 2 is 2.20 bits per heavy atom. The van der Waals surface area contributed by atoms with E-state index < -0.39 is 5.54 Å². The van der Waals surface area contributed by atoms with Gasteiger partial charge in [-0.1, -0.05) is 0 Å². The third-order valence-corrected chi connectivity index (χ3v) is 4.37. The number of halogens is 1. The van der Waals surface area contributed by atoms with Gasteiger partial charge in [0.2, 0.25) is 0 Å². The summed E-state index contributed by atoms with van der Waals surface area (Å²) in [5, 5.41) is 13.7. The first kappa shape index (κ1) is 17.5. The van der Waals surface area contributed by atoms with Gasteiger partial charge in [0.25, 0.3) is 0 Å². The molecule has 0 aromatic carbocycles. The molecule has 0 saturated carbocycles. The predicted octanol–water partition coefficient (Wildman–Crippen LogP) is 4.39. The molecule has 0 amide bonds. The summed E-state index contributed by atoms with van der Waals surface area (Å²) in [5.41, 5.74) is -0.408. The average Bonchev–Trinajstić information content (AvgIpc) is 2.40. The highest BCUT2D eigenvalue weighted by Gasteiger charge is 2.23. The molecule has 20 heavy (non-hydrogen) atoms. The molecule has 3 nitrogen and oxygen atoms in total. The lowest BCUT2D eigenvalue weighted by Gasteiger charge is -2.25. The Balaban J connectivity index is 2.24. The summed E-state index contributed by atoms with van der Waals surface area (Å²) < 4.78 is 1.01. The standard InChI is InChI=1S/C15H22BrN3S/c1-12(2)19-15(3,11-17)8-4-5-9-20-14-7-6-13(16)10-18-14/h6-7,10,12,19H,4-5,8-9H2,1-3H3. The van der Waals surface area contributed by atoms with Gasteiger partial charge in [-0.2, -0.15) is 5.26 Å². The van der Waals surface area contributed by atoms with Crippen molar-refractivity contribution in [3.63, 3.8) is 0 Å². The van der Waals surface area contributed by atoms with Gasteiger partial charge in [0.15, 0.2) is 0 Å². The van der Waals surface area contributed by atoms with Crippen molar-refractivity contribution in [3.8, 4) is 6.07 Å². The average molecular weight is 356 g/mol. The van der Waals surface area contributed by atoms with Crippen molar-refractivity contribution < 1.29 is 0 Å². The highest BCUT2D eigenvalue weighted by atomic mass is 79.9. The number of rotatable bonds is 8. The SMILES string of the molecule is CC(C)NC(C)(C#N)CCCCSc1ccc(Br)cn1. The van der Waals surface area contributed by atoms with Crippen molar-refractivity contribution in [3.05, 3.63) is 22.8 Å². The van der Waals surface area contributed by atoms with Crippen LogP contribution in [0, 0.1) is 11.3 Å². The summed E-state index contributed by atoms with van der Waals surface area (Å²) in [6, 6.07) is 6.75. The quantitative estimate of drug-likeness (QED) is 0.554. The first-order valence-electron chi connectivity index (χ1n) is 6.88. The van der Waals surface area contributed by atoms with Crippen LogP contribution in [0.2, 0.25) is 0 Å². The van der Waals surface area contributed by atoms with E-state index in [1.54, 1.807) is 11.8 Å². The second-order valence-electron chi connectivity index (χ2n) is 5.36. The van der Waals surface area contributed by atoms with Crippen molar-refractivity contribution in [2.24, 2.45) is 0 Å². The van der Waals surface area contributed by atoms with Crippen LogP contribution in [-0.2, 0) is 0 Å². The van der Waals surface area contributed by atoms with Crippen molar-refractivity contribution in [2.75, 3.05) is 5.75 Å². The van der Waals surface area contributed by atoms with Crippen molar-refractivity contribution in [2.45, 2.75) is 56.6 Å². The Bertz CT molecular complexity index is 441. The Hall–Kier alpha value is -0.570. The van der Waals surface area contributed by atoms with Crippen molar-refractivity contribution >= 4 is 27.7 Å². The number of nitrogens with zero attached hydrogens (tertiary/aromatic N) is 2. The summed E-state index contributed by atoms with van der Waals surface area (Å²) in [6.07, 6.45) is 4.85. The van der Waals surface area contributed by atoms with Crippen LogP contribution < -0.4 is 5.32 Å². The van der Waals surface area contributed by atoms with Crippen LogP contribution in [0.5, 0.6) is 0 Å². The number of hydrogen-bond donors (Lipinski definition) is 1. The van der Waals surface area contributed by atoms with E-state index in [0.717, 1.165) is 34.5 Å². The Morgan fingerprint density at radius 3 is 2.75 bits per heavy atom. The first-order valence-corrected chi connectivity index (χ1v) is 8.66. The topological polar surface area (TPSA) is 48.7 Å². The molecule has 1 N–H and O–H groups in total. The van der Waals surface area contributed by atoms with Gasteiger partial charge in [-0.15, -0.1) is 11.8 Å². The molecular formula is C15H22BrN3S. The smallest absolute Gasteiger partial charge is 0.104 e. The molecule has 1 atom stereocenters. The third-order valence-electron chi connectivity index (χ3n) is 2.88. The van der Waals surface area contributed by atoms with Crippen LogP contribution in [0.4, 0.5) is 0 Å². The van der Waals surface area contributed by atoms with Crippen LogP contribution >= 0.6 is 27.7 Å². The molecule has 110 valence electrons. The Labute approximate surface area is 134 Å². The number of pyridine rings is 1. The van der Waals surface area contributed by atoms with Gasteiger partial charge >= 0.3 is 0 Å². The van der Waals surface area contributed by atoms with Crippen molar-refractivity contribution in [1.29, 1.82) is 5.26 Å². The van der Waals surface area contributed by atoms with Crippen LogP contribution in [0.3, 0.4) is 0 Å². The predicted molar refractivity (Wildman–Crippen MR) is 88.8 cm³/mol. The molecular weight excluding hydrogens is 334 g/mol. The Kier molecular flexibility index (Phi) is 7.57. The highest BCUT2D eigenvalue weighted by molar-refractivity contribution is 9.10. The van der Waals surface area contributed by atoms with Crippen LogP contribution in [-0.4, -0.2) is 22.3 Å². The molecule has 0 aliphatic carbocycles. The van der Waals surface area contributed by atoms with Gasteiger partial charge in [-0.25, -0.2) is 4.98 Å². The lowest BCUT2D eigenvalue weighted by atomic mass is 9.96. The molecule has 0 aliphatic heterocycles. The zero-order valence-electron chi connectivity index (χ0n) is 12.3. The monoisotopic (exact) mass is 355 g/mol. The second kappa shape index (κ2) is 8.66. The van der Waals surface area contributed by atoms with E-state index in [1.165, 1.54) is 0 Å². The maximum Gasteiger partial charge on any atom is 0.104 e. The molecule has 0 aliphatic rings. The zero-order valence-corrected chi connectivity index (χ0v) is 14.7. The normalized spacial score (nSPS) is 14.0. The van der Waals surface area contributed by atoms with Gasteiger partial charge in [-0.05, 0) is 73.8 Å². The fraction of sp³-hybridized carbons (Fsp3) is 0.600. The number of nitrogens with one attached hydrogen (secondary N) is 1. The van der Waals surface area contributed by atoms with Crippen LogP contribution in [0.15, 0.2) is 27.8 Å². The highest BCUT2D eigenvalue weighted by Crippen LogP contribution is 2.20. The molecule has 1 aromatic heterocycles. The zero-order chi connectivity index (χ0) is 15.0. The fourth-order valence-corrected chi connectivity index (χ4v) is 3.09. The molecule has 1 unspecified atom stereocenters. The van der Waals surface area contributed by atoms with E-state index in [1.807, 2.05) is 25.3 Å². The summed E-state index contributed by atoms with van der Waals surface area (Å²) in [6.45, 7) is 6.13. The number of nitriles is 1. The molecule has 1 heterocycles. The van der Waals surface area contributed by atoms with Gasteiger partial charge < -0.3 is 0 Å². The maximum atomic E-state index is 9.26. The number of thioether (sulfide) groups is 1. The largest absolute Gasteiger partial charge is 0.297 e. The number of unbranched alkanes of at least 4 members (excludes halogenated alkanes) is 1. The summed E-state index contributed by atoms with van der Waals surface area (Å²) >= 11 is 5.14. The van der Waals surface area contributed by atoms with Crippen LogP contribution in [0.1, 0.15) is 40.0 Å². The van der Waals surface area contributed by atoms with E-state index in [2.05, 4.69) is 46.1 Å². The minimum atomic E-state index is -0.408. The lowest BCUT2D eigenvalue weighted by Crippen LogP contribution is -2.44. The van der Waals surface area contributed by atoms with Crippen molar-refractivity contribution in [1.82, 2.24) is 10.3 Å². The van der Waals surface area contributed by atoms with E-state index in [-0.39, 0.29) is 0 Å². The molecule has 0 saturated heterocycles. The van der Waals surface area contributed by atoms with E-state index in [4.69, 9.17) is 0 Å². The third kappa shape index (κ3) is 6.74. The molecule has 0 radical (unpaired) electrons. The van der Waals surface area contributed by atoms with E-state index in [0.29, 0.717) is 6.04 Å². The molecule has 5 heteroatoms. The maximum absolute atomic E-state index is 9.26. The van der Waals surface area contributed by atoms with E-state index in [9.17, 15) is 5.26 Å². The molecule has 0 fully saturated rings. The van der Waals surface area contributed by atoms with E-state index >= 15 is 0 Å². The first-order chi connectivity index (χ1) is 9.45. The molecule has 1 rings (SSSR count). The summed E-state index contributed by atoms with van der Waals surface area (Å²) in [7, 11) is 0. The number of aromatic nitrogens is 1. The summed E-state index contributed by atoms with van der Waals surface area (Å²) in [5.74, 6) is 1.04. The van der Waals surface area contributed by atoms with Crippen LogP contribution in [0.25, 0.3) is 0 Å². The van der Waals surface area contributed by atoms with Gasteiger partial charge in [0, 0.05) is 16.7 Å². The summed E-state index contributed by atoms with van der Waals surface area (Å²) in [4.78, 5) is 4.33. The van der Waals surface area contributed by atoms with Gasteiger partial charge in [-0.3, -0.25) is 5.32 Å². The van der Waals surface area contributed by atoms with Gasteiger partial charge in [0.1, 0.15) is 5.54 Å². The van der Waals surface area contributed by atoms with Gasteiger partial charge in [0.05, 0.1) is 11.1 Å². The lowest BCUT2D eigenvalue weighted by molar-refractivity contribution is 0.372.